The number of hydrogen-bond donors (Lipinski definition) is 4. The number of alkyl carbamates (subject to hydrolysis) is 2. The first-order valence-electron chi connectivity index (χ1n) is 18.7. The Balaban J connectivity index is 0.000000290. The summed E-state index contributed by atoms with van der Waals surface area (Å²) in [6, 6.07) is -1.94. The van der Waals surface area contributed by atoms with Gasteiger partial charge in [-0.15, -0.1) is 0 Å². The van der Waals surface area contributed by atoms with Gasteiger partial charge in [0.25, 0.3) is 11.8 Å². The van der Waals surface area contributed by atoms with Crippen LogP contribution in [-0.4, -0.2) is 128 Å². The lowest BCUT2D eigenvalue weighted by Crippen LogP contribution is -2.87. The van der Waals surface area contributed by atoms with Crippen molar-refractivity contribution in [2.45, 2.75) is 162 Å². The molecular weight excluding hydrogens is 704 g/mol. The molecule has 0 aromatic carbocycles. The Hall–Kier alpha value is -3.92. The smallest absolute Gasteiger partial charge is 0.408 e. The summed E-state index contributed by atoms with van der Waals surface area (Å²) in [5.41, 5.74) is -4.58. The Morgan fingerprint density at radius 2 is 1.20 bits per heavy atom. The molecule has 16 nitrogen and oxygen atoms in total. The summed E-state index contributed by atoms with van der Waals surface area (Å²) in [4.78, 5) is 78.9. The lowest BCUT2D eigenvalue weighted by Gasteiger charge is -2.61. The molecular formula is C38H62N4O12. The van der Waals surface area contributed by atoms with E-state index in [-0.39, 0.29) is 42.7 Å². The largest absolute Gasteiger partial charge is 0.465 e. The maximum Gasteiger partial charge on any atom is 0.408 e. The van der Waals surface area contributed by atoms with E-state index in [1.54, 1.807) is 80.2 Å². The van der Waals surface area contributed by atoms with Gasteiger partial charge < -0.3 is 49.6 Å². The number of carbonyl (C=O) groups excluding carboxylic acids is 6. The van der Waals surface area contributed by atoms with Crippen LogP contribution in [0.5, 0.6) is 0 Å². The fourth-order valence-corrected chi connectivity index (χ4v) is 7.59. The number of nitrogens with one attached hydrogen (secondary N) is 2. The molecule has 4 heterocycles. The topological polar surface area (TPSA) is 210 Å². The summed E-state index contributed by atoms with van der Waals surface area (Å²) >= 11 is 0. The summed E-state index contributed by atoms with van der Waals surface area (Å²) < 4.78 is 20.8. The number of carbonyl (C=O) groups is 6. The number of hydrogen-bond acceptors (Lipinski definition) is 12. The van der Waals surface area contributed by atoms with E-state index in [2.05, 4.69) is 10.6 Å². The van der Waals surface area contributed by atoms with E-state index in [1.165, 1.54) is 4.90 Å². The van der Waals surface area contributed by atoms with Crippen molar-refractivity contribution in [2.75, 3.05) is 13.2 Å². The van der Waals surface area contributed by atoms with Gasteiger partial charge in [0.15, 0.2) is 11.1 Å². The fourth-order valence-electron chi connectivity index (χ4n) is 7.59. The molecule has 54 heavy (non-hydrogen) atoms. The molecule has 4 N–H and O–H groups in total. The third-order valence-corrected chi connectivity index (χ3v) is 9.78. The van der Waals surface area contributed by atoms with Crippen LogP contribution in [0.4, 0.5) is 9.59 Å². The molecule has 4 aliphatic heterocycles. The van der Waals surface area contributed by atoms with Crippen LogP contribution in [0.2, 0.25) is 0 Å². The first-order valence-corrected chi connectivity index (χ1v) is 18.7. The van der Waals surface area contributed by atoms with Crippen molar-refractivity contribution in [1.29, 1.82) is 0 Å². The quantitative estimate of drug-likeness (QED) is 0.144. The second-order valence-electron chi connectivity index (χ2n) is 17.6. The molecule has 0 aliphatic carbocycles. The van der Waals surface area contributed by atoms with Crippen molar-refractivity contribution in [3.63, 3.8) is 0 Å². The lowest BCUT2D eigenvalue weighted by molar-refractivity contribution is -0.189. The Bertz CT molecular complexity index is 1490. The molecule has 0 aromatic rings. The second-order valence-corrected chi connectivity index (χ2v) is 17.6. The zero-order valence-corrected chi connectivity index (χ0v) is 34.3. The Morgan fingerprint density at radius 1 is 0.759 bits per heavy atom. The van der Waals surface area contributed by atoms with Gasteiger partial charge in [-0.1, -0.05) is 27.7 Å². The van der Waals surface area contributed by atoms with Gasteiger partial charge in [-0.3, -0.25) is 14.4 Å². The number of aliphatic hydroxyl groups excluding tert-OH is 2. The zero-order chi connectivity index (χ0) is 41.5. The fraction of sp³-hybridized carbons (Fsp3) is 0.789. The van der Waals surface area contributed by atoms with E-state index >= 15 is 0 Å². The summed E-state index contributed by atoms with van der Waals surface area (Å²) in [5, 5.41) is 27.1. The van der Waals surface area contributed by atoms with Crippen molar-refractivity contribution in [1.82, 2.24) is 20.4 Å². The van der Waals surface area contributed by atoms with Crippen LogP contribution in [0, 0.1) is 17.8 Å². The molecule has 0 saturated carbocycles. The molecule has 3 saturated heterocycles. The molecule has 4 aliphatic rings. The van der Waals surface area contributed by atoms with Gasteiger partial charge >= 0.3 is 24.1 Å². The van der Waals surface area contributed by atoms with Gasteiger partial charge in [0.05, 0.1) is 42.4 Å². The maximum atomic E-state index is 13.2. The van der Waals surface area contributed by atoms with E-state index in [1.807, 2.05) is 27.7 Å². The summed E-state index contributed by atoms with van der Waals surface area (Å²) in [6.07, 6.45) is -1.99. The van der Waals surface area contributed by atoms with E-state index in [0.717, 1.165) is 0 Å². The van der Waals surface area contributed by atoms with Gasteiger partial charge in [0, 0.05) is 12.1 Å². The van der Waals surface area contributed by atoms with Crippen molar-refractivity contribution in [3.8, 4) is 0 Å². The highest BCUT2D eigenvalue weighted by atomic mass is 16.6. The van der Waals surface area contributed by atoms with Gasteiger partial charge in [0.2, 0.25) is 0 Å². The number of likely N-dealkylation sites (tertiary alicyclic amines) is 2. The minimum atomic E-state index is -1.68. The van der Waals surface area contributed by atoms with E-state index < -0.39 is 88.4 Å². The standard InChI is InChI=1S/C19H32N2O6.C19H30N2O6/c2*1-10(2)14(22)19(20-17(25)27-18(5,6)7)13(12-8-9-26-15(12)23)21(11(3)4)16(19)24/h10-14,22H,8-9H2,1-7H3,(H,20,25);8,10-11,13-14,22H,9H2,1-7H3,(H,20,25)/t12-,13+,14+,19+;13-,14-,19-/m10/s1. The molecule has 0 aromatic heterocycles. The number of ether oxygens (including phenoxy) is 4. The first-order chi connectivity index (χ1) is 24.6. The number of β-lactam (4-membered cyclic amide) rings is 2. The molecule has 306 valence electrons. The second kappa shape index (κ2) is 16.0. The molecule has 0 unspecified atom stereocenters. The number of rotatable bonds is 10. The molecule has 0 spiro atoms. The Kier molecular flexibility index (Phi) is 13.2. The van der Waals surface area contributed by atoms with Crippen molar-refractivity contribution >= 4 is 35.9 Å². The zero-order valence-electron chi connectivity index (χ0n) is 34.3. The average Bonchev–Trinajstić information content (AvgIpc) is 3.63. The number of nitrogens with zero attached hydrogens (tertiary/aromatic N) is 2. The van der Waals surface area contributed by atoms with Crippen molar-refractivity contribution < 1.29 is 57.9 Å². The van der Waals surface area contributed by atoms with Crippen LogP contribution in [0.1, 0.15) is 103 Å². The van der Waals surface area contributed by atoms with Crippen LogP contribution in [0.25, 0.3) is 0 Å². The number of amides is 4. The summed E-state index contributed by atoms with van der Waals surface area (Å²) in [6.45, 7) is 24.9. The van der Waals surface area contributed by atoms with Crippen LogP contribution >= 0.6 is 0 Å². The van der Waals surface area contributed by atoms with Gasteiger partial charge in [-0.25, -0.2) is 14.4 Å². The van der Waals surface area contributed by atoms with Gasteiger partial charge in [-0.05, 0) is 93.6 Å². The van der Waals surface area contributed by atoms with E-state index in [4.69, 9.17) is 18.9 Å². The molecule has 0 bridgehead atoms. The lowest BCUT2D eigenvalue weighted by atomic mass is 9.65. The van der Waals surface area contributed by atoms with E-state index in [0.29, 0.717) is 6.42 Å². The third kappa shape index (κ3) is 8.48. The molecule has 0 radical (unpaired) electrons. The maximum absolute atomic E-state index is 13.2. The normalized spacial score (nSPS) is 28.1. The minimum absolute atomic E-state index is 0.102. The van der Waals surface area contributed by atoms with Gasteiger partial charge in [-0.2, -0.15) is 0 Å². The molecule has 3 fully saturated rings. The van der Waals surface area contributed by atoms with Crippen molar-refractivity contribution in [3.05, 3.63) is 11.6 Å². The molecule has 16 heteroatoms. The summed E-state index contributed by atoms with van der Waals surface area (Å²) in [7, 11) is 0. The molecule has 7 atom stereocenters. The number of aliphatic hydroxyl groups is 2. The summed E-state index contributed by atoms with van der Waals surface area (Å²) in [5.74, 6) is -3.09. The Labute approximate surface area is 318 Å². The van der Waals surface area contributed by atoms with Crippen molar-refractivity contribution in [2.24, 2.45) is 17.8 Å². The highest BCUT2D eigenvalue weighted by Gasteiger charge is 2.71. The minimum Gasteiger partial charge on any atom is -0.465 e. The van der Waals surface area contributed by atoms with Crippen LogP contribution in [0.3, 0.4) is 0 Å². The van der Waals surface area contributed by atoms with Gasteiger partial charge in [0.1, 0.15) is 17.8 Å². The average molecular weight is 767 g/mol. The highest BCUT2D eigenvalue weighted by Crippen LogP contribution is 2.45. The molecule has 4 rings (SSSR count). The third-order valence-electron chi connectivity index (χ3n) is 9.78. The van der Waals surface area contributed by atoms with Crippen LogP contribution in [0.15, 0.2) is 11.6 Å². The highest BCUT2D eigenvalue weighted by molar-refractivity contribution is 6.04. The monoisotopic (exact) mass is 766 g/mol. The first kappa shape index (κ1) is 44.5. The van der Waals surface area contributed by atoms with Crippen LogP contribution < -0.4 is 10.6 Å². The number of cyclic esters (lactones) is 2. The Morgan fingerprint density at radius 3 is 1.57 bits per heavy atom. The SMILES string of the molecule is CC(C)[C@H](O)[C@]1(NC(=O)OC(C)(C)C)C(=O)N(C(C)C)[C@H]1C1=CCOC1=O.CC(C)[C@H](O)[C@]1(NC(=O)OC(C)(C)C)C(=O)N(C(C)C)[C@H]1[C@H]1CCOC1=O. The predicted molar refractivity (Wildman–Crippen MR) is 196 cm³/mol. The van der Waals surface area contributed by atoms with E-state index in [9.17, 15) is 39.0 Å². The van der Waals surface area contributed by atoms with Crippen LogP contribution in [-0.2, 0) is 38.1 Å². The molecule has 4 amide bonds. The number of esters is 2. The predicted octanol–water partition coefficient (Wildman–Crippen LogP) is 2.82.